The van der Waals surface area contributed by atoms with E-state index < -0.39 is 12.0 Å². The third-order valence-electron chi connectivity index (χ3n) is 6.46. The molecule has 188 valence electrons. The predicted octanol–water partition coefficient (Wildman–Crippen LogP) is 3.65. The van der Waals surface area contributed by atoms with E-state index in [4.69, 9.17) is 4.74 Å². The summed E-state index contributed by atoms with van der Waals surface area (Å²) in [6, 6.07) is 7.91. The second-order valence-electron chi connectivity index (χ2n) is 8.75. The Labute approximate surface area is 201 Å². The molecule has 0 radical (unpaired) electrons. The molecule has 0 aliphatic carbocycles. The quantitative estimate of drug-likeness (QED) is 0.519. The molecule has 35 heavy (non-hydrogen) atoms. The van der Waals surface area contributed by atoms with Crippen molar-refractivity contribution in [1.82, 2.24) is 29.8 Å². The smallest absolute Gasteiger partial charge is 0.453 e. The first-order valence-corrected chi connectivity index (χ1v) is 11.6. The number of aromatic nitrogens is 4. The number of fused-ring (bicyclic) bond motifs is 1. The number of likely N-dealkylation sites (tertiary alicyclic amines) is 1. The van der Waals surface area contributed by atoms with E-state index in [0.717, 1.165) is 41.8 Å². The van der Waals surface area contributed by atoms with Crippen LogP contribution in [0.1, 0.15) is 53.6 Å². The summed E-state index contributed by atoms with van der Waals surface area (Å²) in [6.45, 7) is 5.77. The van der Waals surface area contributed by atoms with Crippen LogP contribution in [0.4, 0.5) is 13.2 Å². The zero-order valence-electron chi connectivity index (χ0n) is 20.0. The van der Waals surface area contributed by atoms with Crippen molar-refractivity contribution in [2.75, 3.05) is 26.7 Å². The molecule has 4 rings (SSSR count). The van der Waals surface area contributed by atoms with Gasteiger partial charge in [0, 0.05) is 24.4 Å². The lowest BCUT2D eigenvalue weighted by Gasteiger charge is -2.28. The monoisotopic (exact) mass is 490 g/mol. The van der Waals surface area contributed by atoms with Crippen LogP contribution >= 0.6 is 0 Å². The summed E-state index contributed by atoms with van der Waals surface area (Å²) >= 11 is 0. The average Bonchev–Trinajstić information content (AvgIpc) is 3.49. The van der Waals surface area contributed by atoms with Gasteiger partial charge in [-0.15, -0.1) is 5.10 Å². The molecule has 3 aromatic rings. The molecule has 1 atom stereocenters. The summed E-state index contributed by atoms with van der Waals surface area (Å²) in [7, 11) is 1.63. The maximum atomic E-state index is 13.0. The highest BCUT2D eigenvalue weighted by molar-refractivity contribution is 5.76. The highest BCUT2D eigenvalue weighted by Gasteiger charge is 2.37. The van der Waals surface area contributed by atoms with Gasteiger partial charge < -0.3 is 10.1 Å². The number of benzene rings is 1. The zero-order valence-corrected chi connectivity index (χ0v) is 20.0. The molecule has 1 aliphatic heterocycles. The van der Waals surface area contributed by atoms with Gasteiger partial charge in [-0.25, -0.2) is 9.50 Å². The fourth-order valence-corrected chi connectivity index (χ4v) is 4.59. The third-order valence-corrected chi connectivity index (χ3v) is 6.46. The zero-order chi connectivity index (χ0) is 25.2. The van der Waals surface area contributed by atoms with E-state index in [1.807, 2.05) is 24.3 Å². The van der Waals surface area contributed by atoms with E-state index in [1.165, 1.54) is 0 Å². The predicted molar refractivity (Wildman–Crippen MR) is 123 cm³/mol. The van der Waals surface area contributed by atoms with E-state index in [9.17, 15) is 18.0 Å². The molecule has 2 aromatic heterocycles. The van der Waals surface area contributed by atoms with Crippen molar-refractivity contribution >= 4 is 11.7 Å². The van der Waals surface area contributed by atoms with E-state index in [0.29, 0.717) is 29.9 Å². The van der Waals surface area contributed by atoms with Gasteiger partial charge in [-0.05, 0) is 69.5 Å². The minimum Gasteiger partial charge on any atom is -0.497 e. The summed E-state index contributed by atoms with van der Waals surface area (Å²) in [5, 5.41) is 6.61. The van der Waals surface area contributed by atoms with Crippen molar-refractivity contribution < 1.29 is 22.7 Å². The Kier molecular flexibility index (Phi) is 7.25. The van der Waals surface area contributed by atoms with Gasteiger partial charge in [0.25, 0.3) is 11.6 Å². The number of carbonyl (C=O) groups is 1. The van der Waals surface area contributed by atoms with Crippen molar-refractivity contribution in [2.45, 2.75) is 51.7 Å². The van der Waals surface area contributed by atoms with Crippen molar-refractivity contribution in [1.29, 1.82) is 0 Å². The van der Waals surface area contributed by atoms with Crippen molar-refractivity contribution in [3.05, 3.63) is 52.6 Å². The molecular formula is C24H29F3N6O2. The molecule has 8 nitrogen and oxygen atoms in total. The van der Waals surface area contributed by atoms with Crippen LogP contribution in [0.15, 0.2) is 24.3 Å². The number of alkyl halides is 3. The first-order valence-electron chi connectivity index (χ1n) is 11.6. The molecular weight excluding hydrogens is 461 g/mol. The fourth-order valence-electron chi connectivity index (χ4n) is 4.59. The number of aryl methyl sites for hydroxylation is 2. The van der Waals surface area contributed by atoms with Crippen molar-refractivity contribution in [3.63, 3.8) is 0 Å². The lowest BCUT2D eigenvalue weighted by molar-refractivity contribution is -0.144. The molecule has 1 saturated heterocycles. The van der Waals surface area contributed by atoms with Crippen LogP contribution in [0.25, 0.3) is 5.78 Å². The van der Waals surface area contributed by atoms with E-state index in [-0.39, 0.29) is 24.1 Å². The molecule has 0 unspecified atom stereocenters. The van der Waals surface area contributed by atoms with E-state index in [1.54, 1.807) is 21.0 Å². The number of methoxy groups -OCH3 is 1. The van der Waals surface area contributed by atoms with Gasteiger partial charge >= 0.3 is 6.18 Å². The number of amides is 1. The Hall–Kier alpha value is -3.21. The molecule has 0 saturated carbocycles. The summed E-state index contributed by atoms with van der Waals surface area (Å²) in [5.74, 6) is -0.695. The highest BCUT2D eigenvalue weighted by atomic mass is 19.4. The van der Waals surface area contributed by atoms with Gasteiger partial charge in [0.15, 0.2) is 0 Å². The lowest BCUT2D eigenvalue weighted by Crippen LogP contribution is -2.37. The summed E-state index contributed by atoms with van der Waals surface area (Å²) in [6.07, 6.45) is -1.88. The Bertz CT molecular complexity index is 1200. The van der Waals surface area contributed by atoms with Crippen LogP contribution in [-0.2, 0) is 17.4 Å². The van der Waals surface area contributed by atoms with Crippen LogP contribution in [0, 0.1) is 13.8 Å². The van der Waals surface area contributed by atoms with Crippen LogP contribution in [0.2, 0.25) is 0 Å². The highest BCUT2D eigenvalue weighted by Crippen LogP contribution is 2.28. The molecule has 1 aliphatic rings. The average molecular weight is 491 g/mol. The number of carbonyl (C=O) groups excluding carboxylic acids is 1. The largest absolute Gasteiger partial charge is 0.497 e. The number of nitrogens with one attached hydrogen (secondary N) is 1. The molecule has 1 fully saturated rings. The Balaban J connectivity index is 1.44. The molecule has 0 spiro atoms. The maximum absolute atomic E-state index is 13.0. The molecule has 1 amide bonds. The summed E-state index contributed by atoms with van der Waals surface area (Å²) in [5.41, 5.74) is 2.81. The van der Waals surface area contributed by atoms with Crippen LogP contribution < -0.4 is 10.1 Å². The van der Waals surface area contributed by atoms with Gasteiger partial charge in [-0.3, -0.25) is 9.69 Å². The molecule has 1 aromatic carbocycles. The van der Waals surface area contributed by atoms with Crippen molar-refractivity contribution in [3.8, 4) is 5.75 Å². The normalized spacial score (nSPS) is 15.5. The van der Waals surface area contributed by atoms with Crippen LogP contribution in [-0.4, -0.2) is 57.1 Å². The van der Waals surface area contributed by atoms with Gasteiger partial charge in [-0.2, -0.15) is 18.2 Å². The van der Waals surface area contributed by atoms with Crippen molar-refractivity contribution in [2.24, 2.45) is 0 Å². The minimum atomic E-state index is -4.65. The molecule has 0 bridgehead atoms. The Morgan fingerprint density at radius 2 is 1.94 bits per heavy atom. The second-order valence-corrected chi connectivity index (χ2v) is 8.75. The van der Waals surface area contributed by atoms with Crippen LogP contribution in [0.3, 0.4) is 0 Å². The SMILES string of the molecule is COc1cccc([C@@H](CNC(=O)CCc2c(C)nc3nc(C(F)(F)F)nn3c2C)N2CCCC2)c1. The van der Waals surface area contributed by atoms with Gasteiger partial charge in [0.05, 0.1) is 13.2 Å². The van der Waals surface area contributed by atoms with Gasteiger partial charge in [0.1, 0.15) is 5.75 Å². The molecule has 11 heteroatoms. The number of hydrogen-bond donors (Lipinski definition) is 1. The fraction of sp³-hybridized carbons (Fsp3) is 0.500. The number of rotatable bonds is 8. The second kappa shape index (κ2) is 10.2. The number of ether oxygens (including phenoxy) is 1. The first-order chi connectivity index (χ1) is 16.7. The Morgan fingerprint density at radius 1 is 1.20 bits per heavy atom. The molecule has 1 N–H and O–H groups in total. The first kappa shape index (κ1) is 24.9. The van der Waals surface area contributed by atoms with E-state index in [2.05, 4.69) is 25.3 Å². The van der Waals surface area contributed by atoms with Gasteiger partial charge in [0.2, 0.25) is 5.91 Å². The topological polar surface area (TPSA) is 84.6 Å². The number of halogens is 3. The Morgan fingerprint density at radius 3 is 2.63 bits per heavy atom. The van der Waals surface area contributed by atoms with Gasteiger partial charge in [-0.1, -0.05) is 12.1 Å². The number of nitrogens with zero attached hydrogens (tertiary/aromatic N) is 5. The standard InChI is InChI=1S/C24H29F3N6O2/c1-15-19(16(2)33-23(29-15)30-22(31-33)24(25,26)27)9-10-21(34)28-14-20(32-11-4-5-12-32)17-7-6-8-18(13-17)35-3/h6-8,13,20H,4-5,9-12,14H2,1-3H3,(H,28,34)/t20-/m1/s1. The lowest BCUT2D eigenvalue weighted by atomic mass is 10.0. The summed E-state index contributed by atoms with van der Waals surface area (Å²) < 4.78 is 45.5. The van der Waals surface area contributed by atoms with Crippen LogP contribution in [0.5, 0.6) is 5.75 Å². The van der Waals surface area contributed by atoms with E-state index >= 15 is 0 Å². The minimum absolute atomic E-state index is 0.0361. The number of hydrogen-bond acceptors (Lipinski definition) is 6. The third kappa shape index (κ3) is 5.55. The maximum Gasteiger partial charge on any atom is 0.453 e. The summed E-state index contributed by atoms with van der Waals surface area (Å²) in [4.78, 5) is 22.8. The molecule has 3 heterocycles.